The average Bonchev–Trinajstić information content (AvgIpc) is 2.91. The van der Waals surface area contributed by atoms with Gasteiger partial charge < -0.3 is 0 Å². The summed E-state index contributed by atoms with van der Waals surface area (Å²) in [6, 6.07) is 32.9. The van der Waals surface area contributed by atoms with E-state index in [1.165, 1.54) is 0 Å². The van der Waals surface area contributed by atoms with Crippen LogP contribution in [0.25, 0.3) is 54.6 Å². The minimum absolute atomic E-state index is 0.381. The molecule has 0 aliphatic carbocycles. The number of fused-ring (bicyclic) bond motifs is 4. The molecule has 0 atom stereocenters. The van der Waals surface area contributed by atoms with Crippen molar-refractivity contribution in [1.29, 1.82) is 10.5 Å². The van der Waals surface area contributed by atoms with Gasteiger partial charge in [-0.2, -0.15) is 10.5 Å². The van der Waals surface area contributed by atoms with Crippen molar-refractivity contribution in [1.82, 2.24) is 9.97 Å². The molecule has 156 valence electrons. The van der Waals surface area contributed by atoms with Crippen molar-refractivity contribution >= 4 is 32.3 Å². The van der Waals surface area contributed by atoms with Gasteiger partial charge in [0.15, 0.2) is 0 Å². The zero-order valence-electron chi connectivity index (χ0n) is 18.0. The largest absolute Gasteiger partial charge is 0.246 e. The first-order chi connectivity index (χ1) is 16.8. The average molecular weight is 432 g/mol. The molecule has 0 amide bonds. The molecule has 0 aliphatic heterocycles. The van der Waals surface area contributed by atoms with E-state index in [2.05, 4.69) is 58.5 Å². The van der Waals surface area contributed by atoms with Gasteiger partial charge in [-0.05, 0) is 78.8 Å². The Hall–Kier alpha value is -5.06. The van der Waals surface area contributed by atoms with Crippen LogP contribution >= 0.6 is 0 Å². The number of nitrogens with zero attached hydrogens (tertiary/aromatic N) is 4. The molecule has 0 unspecified atom stereocenters. The summed E-state index contributed by atoms with van der Waals surface area (Å²) in [7, 11) is 0. The van der Waals surface area contributed by atoms with Crippen molar-refractivity contribution in [3.8, 4) is 34.4 Å². The highest BCUT2D eigenvalue weighted by Gasteiger charge is 2.19. The van der Waals surface area contributed by atoms with Crippen LogP contribution in [-0.4, -0.2) is 9.97 Å². The zero-order chi connectivity index (χ0) is 23.1. The molecule has 4 aromatic carbocycles. The van der Waals surface area contributed by atoms with Crippen molar-refractivity contribution in [2.75, 3.05) is 0 Å². The minimum atomic E-state index is 0.381. The van der Waals surface area contributed by atoms with Crippen LogP contribution in [0.1, 0.15) is 11.4 Å². The van der Waals surface area contributed by atoms with Gasteiger partial charge in [0.25, 0.3) is 0 Å². The smallest absolute Gasteiger partial charge is 0.141 e. The molecule has 0 spiro atoms. The van der Waals surface area contributed by atoms with E-state index < -0.39 is 0 Å². The van der Waals surface area contributed by atoms with Crippen LogP contribution in [0.5, 0.6) is 0 Å². The number of pyridine rings is 2. The van der Waals surface area contributed by atoms with E-state index >= 15 is 0 Å². The number of rotatable bonds is 2. The molecule has 0 radical (unpaired) electrons. The standard InChI is InChI=1S/C30H16N4/c31-17-22-15-20(11-13-33-22)28-25-7-3-4-8-26(25)29(21-12-14-34-23(16-21)18-32)30-24-6-2-1-5-19(24)9-10-27(28)30/h1-16H. The van der Waals surface area contributed by atoms with E-state index in [4.69, 9.17) is 0 Å². The Kier molecular flexibility index (Phi) is 4.51. The summed E-state index contributed by atoms with van der Waals surface area (Å²) in [6.07, 6.45) is 3.38. The molecule has 0 fully saturated rings. The van der Waals surface area contributed by atoms with Crippen LogP contribution in [0.3, 0.4) is 0 Å². The Balaban J connectivity index is 1.89. The van der Waals surface area contributed by atoms with Gasteiger partial charge in [-0.1, -0.05) is 60.7 Å². The second-order valence-electron chi connectivity index (χ2n) is 8.09. The van der Waals surface area contributed by atoms with Crippen molar-refractivity contribution in [3.05, 3.63) is 109 Å². The maximum absolute atomic E-state index is 9.50. The lowest BCUT2D eigenvalue weighted by molar-refractivity contribution is 1.27. The Labute approximate surface area is 196 Å². The van der Waals surface area contributed by atoms with Crippen molar-refractivity contribution in [2.24, 2.45) is 0 Å². The fraction of sp³-hybridized carbons (Fsp3) is 0. The summed E-state index contributed by atoms with van der Waals surface area (Å²) < 4.78 is 0. The third kappa shape index (κ3) is 2.98. The van der Waals surface area contributed by atoms with Gasteiger partial charge >= 0.3 is 0 Å². The van der Waals surface area contributed by atoms with E-state index in [0.29, 0.717) is 11.4 Å². The van der Waals surface area contributed by atoms with Gasteiger partial charge in [0.1, 0.15) is 23.5 Å². The molecule has 2 aromatic heterocycles. The summed E-state index contributed by atoms with van der Waals surface area (Å²) in [5, 5.41) is 25.6. The van der Waals surface area contributed by atoms with Crippen molar-refractivity contribution < 1.29 is 0 Å². The lowest BCUT2D eigenvalue weighted by atomic mass is 9.84. The molecule has 0 saturated heterocycles. The first-order valence-corrected chi connectivity index (χ1v) is 10.9. The molecule has 0 bridgehead atoms. The van der Waals surface area contributed by atoms with Crippen LogP contribution in [0.4, 0.5) is 0 Å². The summed E-state index contributed by atoms with van der Waals surface area (Å²) in [4.78, 5) is 8.37. The van der Waals surface area contributed by atoms with Crippen LogP contribution in [0.2, 0.25) is 0 Å². The van der Waals surface area contributed by atoms with Gasteiger partial charge in [0.2, 0.25) is 0 Å². The molecular formula is C30H16N4. The summed E-state index contributed by atoms with van der Waals surface area (Å²) in [6.45, 7) is 0. The Morgan fingerprint density at radius 2 is 1.09 bits per heavy atom. The number of hydrogen-bond donors (Lipinski definition) is 0. The lowest BCUT2D eigenvalue weighted by Crippen LogP contribution is -1.94. The summed E-state index contributed by atoms with van der Waals surface area (Å²) >= 11 is 0. The molecule has 34 heavy (non-hydrogen) atoms. The number of aromatic nitrogens is 2. The molecule has 4 heteroatoms. The van der Waals surface area contributed by atoms with E-state index in [1.54, 1.807) is 12.4 Å². The normalized spacial score (nSPS) is 10.9. The third-order valence-electron chi connectivity index (χ3n) is 6.24. The first-order valence-electron chi connectivity index (χ1n) is 10.9. The fourth-order valence-electron chi connectivity index (χ4n) is 4.85. The van der Waals surface area contributed by atoms with Crippen LogP contribution in [0.15, 0.2) is 97.3 Å². The predicted octanol–water partition coefficient (Wildman–Crippen LogP) is 7.01. The number of hydrogen-bond acceptors (Lipinski definition) is 4. The third-order valence-corrected chi connectivity index (χ3v) is 6.24. The second kappa shape index (κ2) is 7.81. The SMILES string of the molecule is N#Cc1cc(-c2c3ccccc3c(-c3ccnc(C#N)c3)c3c2ccc2ccccc23)ccn1. The predicted molar refractivity (Wildman–Crippen MR) is 135 cm³/mol. The summed E-state index contributed by atoms with van der Waals surface area (Å²) in [5.41, 5.74) is 4.79. The highest BCUT2D eigenvalue weighted by atomic mass is 14.7. The van der Waals surface area contributed by atoms with Gasteiger partial charge in [0, 0.05) is 12.4 Å². The Bertz CT molecular complexity index is 1840. The first kappa shape index (κ1) is 19.6. The molecule has 0 N–H and O–H groups in total. The molecule has 0 aliphatic rings. The van der Waals surface area contributed by atoms with Gasteiger partial charge in [-0.3, -0.25) is 0 Å². The number of nitriles is 2. The van der Waals surface area contributed by atoms with E-state index in [-0.39, 0.29) is 0 Å². The minimum Gasteiger partial charge on any atom is -0.246 e. The monoisotopic (exact) mass is 432 g/mol. The van der Waals surface area contributed by atoms with Crippen LogP contribution in [-0.2, 0) is 0 Å². The molecule has 2 heterocycles. The Morgan fingerprint density at radius 3 is 1.74 bits per heavy atom. The lowest BCUT2D eigenvalue weighted by Gasteiger charge is -2.19. The van der Waals surface area contributed by atoms with Gasteiger partial charge in [-0.15, -0.1) is 0 Å². The second-order valence-corrected chi connectivity index (χ2v) is 8.09. The highest BCUT2D eigenvalue weighted by molar-refractivity contribution is 6.27. The summed E-state index contributed by atoms with van der Waals surface area (Å²) in [5.74, 6) is 0. The fourth-order valence-corrected chi connectivity index (χ4v) is 4.85. The Morgan fingerprint density at radius 1 is 0.529 bits per heavy atom. The van der Waals surface area contributed by atoms with E-state index in [1.807, 2.05) is 48.5 Å². The van der Waals surface area contributed by atoms with Crippen molar-refractivity contribution in [2.45, 2.75) is 0 Å². The molecule has 6 aromatic rings. The number of benzene rings is 4. The van der Waals surface area contributed by atoms with Gasteiger partial charge in [-0.25, -0.2) is 9.97 Å². The molecular weight excluding hydrogens is 416 g/mol. The van der Waals surface area contributed by atoms with Crippen LogP contribution < -0.4 is 0 Å². The van der Waals surface area contributed by atoms with Crippen molar-refractivity contribution in [3.63, 3.8) is 0 Å². The maximum Gasteiger partial charge on any atom is 0.141 e. The van der Waals surface area contributed by atoms with E-state index in [9.17, 15) is 10.5 Å². The van der Waals surface area contributed by atoms with Crippen LogP contribution in [0, 0.1) is 22.7 Å². The zero-order valence-corrected chi connectivity index (χ0v) is 18.0. The quantitative estimate of drug-likeness (QED) is 0.218. The molecule has 0 saturated carbocycles. The highest BCUT2D eigenvalue weighted by Crippen LogP contribution is 2.46. The molecule has 6 rings (SSSR count). The van der Waals surface area contributed by atoms with Gasteiger partial charge in [0.05, 0.1) is 0 Å². The maximum atomic E-state index is 9.50. The topological polar surface area (TPSA) is 73.4 Å². The van der Waals surface area contributed by atoms with E-state index in [0.717, 1.165) is 54.6 Å². The molecule has 4 nitrogen and oxygen atoms in total.